The molecule has 0 aliphatic heterocycles. The lowest BCUT2D eigenvalue weighted by atomic mass is 10.0. The van der Waals surface area contributed by atoms with Crippen LogP contribution >= 0.6 is 0 Å². The van der Waals surface area contributed by atoms with Crippen LogP contribution in [0.3, 0.4) is 0 Å². The molecular weight excluding hydrogens is 901 g/mol. The van der Waals surface area contributed by atoms with Gasteiger partial charge in [-0.1, -0.05) is 287 Å². The van der Waals surface area contributed by atoms with Crippen molar-refractivity contribution in [2.75, 3.05) is 13.2 Å². The first kappa shape index (κ1) is 70.1. The molecule has 0 radical (unpaired) electrons. The third-order valence-corrected chi connectivity index (χ3v) is 14.0. The minimum atomic E-state index is -0.790. The second-order valence-electron chi connectivity index (χ2n) is 21.3. The summed E-state index contributed by atoms with van der Waals surface area (Å²) in [7, 11) is 0. The van der Waals surface area contributed by atoms with Crippen LogP contribution in [0.25, 0.3) is 0 Å². The Morgan fingerprint density at radius 3 is 0.849 bits per heavy atom. The standard InChI is InChI=1S/C67H120O6/c1-4-7-10-13-16-19-22-25-28-30-31-32-33-34-35-36-38-39-42-45-48-51-54-57-60-66(69)72-63-64(62-71-65(68)59-56-53-50-47-44-41-27-24-21-18-15-12-9-6-3)73-67(70)61-58-55-52-49-46-43-40-37-29-26-23-20-17-14-11-8-5-2/h8,11,17,20,24,26-27,29,40,43,64H,4-7,9-10,12-16,18-19,21-23,25,28,30-39,41-42,44-63H2,1-3H3/b11-8-,20-17-,27-24-,29-26-,43-40-. The average molecular weight is 1020 g/mol. The van der Waals surface area contributed by atoms with E-state index in [-0.39, 0.29) is 31.1 Å². The summed E-state index contributed by atoms with van der Waals surface area (Å²) in [5, 5.41) is 0. The van der Waals surface area contributed by atoms with Crippen molar-refractivity contribution < 1.29 is 28.6 Å². The molecule has 424 valence electrons. The van der Waals surface area contributed by atoms with Gasteiger partial charge in [0.2, 0.25) is 0 Å². The van der Waals surface area contributed by atoms with E-state index in [2.05, 4.69) is 81.5 Å². The van der Waals surface area contributed by atoms with Gasteiger partial charge in [0.25, 0.3) is 0 Å². The molecule has 0 saturated heterocycles. The van der Waals surface area contributed by atoms with Crippen LogP contribution in [0.2, 0.25) is 0 Å². The number of carbonyl (C=O) groups excluding carboxylic acids is 3. The van der Waals surface area contributed by atoms with Crippen molar-refractivity contribution in [1.82, 2.24) is 0 Å². The third kappa shape index (κ3) is 59.9. The van der Waals surface area contributed by atoms with E-state index in [1.165, 1.54) is 186 Å². The van der Waals surface area contributed by atoms with E-state index >= 15 is 0 Å². The summed E-state index contributed by atoms with van der Waals surface area (Å²) in [6, 6.07) is 0. The molecule has 1 unspecified atom stereocenters. The van der Waals surface area contributed by atoms with Crippen LogP contribution in [-0.4, -0.2) is 37.2 Å². The average Bonchev–Trinajstić information content (AvgIpc) is 3.39. The van der Waals surface area contributed by atoms with Crippen molar-refractivity contribution in [3.63, 3.8) is 0 Å². The van der Waals surface area contributed by atoms with Gasteiger partial charge in [0.15, 0.2) is 6.10 Å². The SMILES string of the molecule is CC/C=C\C/C=C\C/C=C\C/C=C\CCCCCCC(=O)OC(COC(=O)CCCCCCC/C=C\CCCCCCC)COC(=O)CCCCCCCCCCCCCCCCCCCCCCCCCC. The zero-order valence-corrected chi connectivity index (χ0v) is 48.7. The minimum Gasteiger partial charge on any atom is -0.462 e. The van der Waals surface area contributed by atoms with Crippen molar-refractivity contribution in [3.8, 4) is 0 Å². The topological polar surface area (TPSA) is 78.9 Å². The number of esters is 3. The first-order chi connectivity index (χ1) is 36.0. The lowest BCUT2D eigenvalue weighted by Gasteiger charge is -2.18. The quantitative estimate of drug-likeness (QED) is 0.0261. The van der Waals surface area contributed by atoms with Crippen molar-refractivity contribution in [1.29, 1.82) is 0 Å². The molecule has 0 aromatic carbocycles. The predicted molar refractivity (Wildman–Crippen MR) is 316 cm³/mol. The fraction of sp³-hybridized carbons (Fsp3) is 0.806. The summed E-state index contributed by atoms with van der Waals surface area (Å²) in [5.41, 5.74) is 0. The van der Waals surface area contributed by atoms with Gasteiger partial charge in [-0.3, -0.25) is 14.4 Å². The number of unbranched alkanes of at least 4 members (excludes halogenated alkanes) is 37. The number of hydrogen-bond acceptors (Lipinski definition) is 6. The van der Waals surface area contributed by atoms with Crippen LogP contribution in [0.5, 0.6) is 0 Å². The monoisotopic (exact) mass is 1020 g/mol. The zero-order valence-electron chi connectivity index (χ0n) is 48.7. The Kier molecular flexibility index (Phi) is 59.2. The van der Waals surface area contributed by atoms with Gasteiger partial charge in [-0.15, -0.1) is 0 Å². The summed E-state index contributed by atoms with van der Waals surface area (Å²) in [6.45, 7) is 6.54. The molecule has 0 amide bonds. The smallest absolute Gasteiger partial charge is 0.306 e. The maximum atomic E-state index is 12.9. The molecule has 1 atom stereocenters. The maximum absolute atomic E-state index is 12.9. The maximum Gasteiger partial charge on any atom is 0.306 e. The van der Waals surface area contributed by atoms with Crippen LogP contribution in [0.4, 0.5) is 0 Å². The highest BCUT2D eigenvalue weighted by molar-refractivity contribution is 5.71. The highest BCUT2D eigenvalue weighted by Gasteiger charge is 2.19. The number of carbonyl (C=O) groups is 3. The molecule has 0 aromatic heterocycles. The lowest BCUT2D eigenvalue weighted by Crippen LogP contribution is -2.30. The Labute approximate surface area is 453 Å². The summed E-state index contributed by atoms with van der Waals surface area (Å²) in [4.78, 5) is 38.3. The first-order valence-corrected chi connectivity index (χ1v) is 31.8. The molecule has 0 N–H and O–H groups in total. The normalized spacial score (nSPS) is 12.4. The Bertz CT molecular complexity index is 1310. The van der Waals surface area contributed by atoms with E-state index in [1.807, 2.05) is 0 Å². The third-order valence-electron chi connectivity index (χ3n) is 14.0. The summed E-state index contributed by atoms with van der Waals surface area (Å²) in [5.74, 6) is -0.900. The largest absolute Gasteiger partial charge is 0.462 e. The highest BCUT2D eigenvalue weighted by atomic mass is 16.6. The van der Waals surface area contributed by atoms with Crippen LogP contribution in [-0.2, 0) is 28.6 Å². The molecule has 0 spiro atoms. The molecule has 0 bridgehead atoms. The molecule has 0 saturated carbocycles. The molecule has 0 heterocycles. The number of ether oxygens (including phenoxy) is 3. The van der Waals surface area contributed by atoms with Gasteiger partial charge in [0.05, 0.1) is 0 Å². The second kappa shape index (κ2) is 61.7. The van der Waals surface area contributed by atoms with Crippen LogP contribution in [0, 0.1) is 0 Å². The lowest BCUT2D eigenvalue weighted by molar-refractivity contribution is -0.167. The minimum absolute atomic E-state index is 0.0839. The van der Waals surface area contributed by atoms with Crippen LogP contribution in [0.15, 0.2) is 60.8 Å². The van der Waals surface area contributed by atoms with Gasteiger partial charge >= 0.3 is 17.9 Å². The Hall–Kier alpha value is -2.89. The number of allylic oxidation sites excluding steroid dienone is 10. The molecule has 0 aliphatic rings. The second-order valence-corrected chi connectivity index (χ2v) is 21.3. The first-order valence-electron chi connectivity index (χ1n) is 31.8. The highest BCUT2D eigenvalue weighted by Crippen LogP contribution is 2.17. The fourth-order valence-corrected chi connectivity index (χ4v) is 9.25. The van der Waals surface area contributed by atoms with Gasteiger partial charge in [-0.2, -0.15) is 0 Å². The van der Waals surface area contributed by atoms with Crippen molar-refractivity contribution in [2.24, 2.45) is 0 Å². The Balaban J connectivity index is 4.31. The van der Waals surface area contributed by atoms with Crippen LogP contribution in [0.1, 0.15) is 329 Å². The van der Waals surface area contributed by atoms with E-state index in [4.69, 9.17) is 14.2 Å². The molecule has 0 rings (SSSR count). The van der Waals surface area contributed by atoms with Gasteiger partial charge in [-0.25, -0.2) is 0 Å². The van der Waals surface area contributed by atoms with Gasteiger partial charge < -0.3 is 14.2 Å². The van der Waals surface area contributed by atoms with Gasteiger partial charge in [0, 0.05) is 19.3 Å². The summed E-state index contributed by atoms with van der Waals surface area (Å²) < 4.78 is 16.9. The van der Waals surface area contributed by atoms with E-state index in [1.54, 1.807) is 0 Å². The summed E-state index contributed by atoms with van der Waals surface area (Å²) in [6.07, 6.45) is 78.0. The Morgan fingerprint density at radius 1 is 0.288 bits per heavy atom. The molecule has 6 heteroatoms. The zero-order chi connectivity index (χ0) is 52.9. The van der Waals surface area contributed by atoms with E-state index in [0.717, 1.165) is 103 Å². The van der Waals surface area contributed by atoms with Crippen molar-refractivity contribution >= 4 is 17.9 Å². The molecule has 73 heavy (non-hydrogen) atoms. The fourth-order valence-electron chi connectivity index (χ4n) is 9.25. The van der Waals surface area contributed by atoms with Gasteiger partial charge in [-0.05, 0) is 83.5 Å². The number of rotatable bonds is 58. The number of hydrogen-bond donors (Lipinski definition) is 0. The molecule has 0 aromatic rings. The molecule has 0 aliphatic carbocycles. The molecule has 0 fully saturated rings. The van der Waals surface area contributed by atoms with E-state index in [9.17, 15) is 14.4 Å². The van der Waals surface area contributed by atoms with Gasteiger partial charge in [0.1, 0.15) is 13.2 Å². The molecule has 6 nitrogen and oxygen atoms in total. The van der Waals surface area contributed by atoms with E-state index < -0.39 is 6.10 Å². The van der Waals surface area contributed by atoms with E-state index in [0.29, 0.717) is 19.3 Å². The van der Waals surface area contributed by atoms with Crippen LogP contribution < -0.4 is 0 Å². The Morgan fingerprint density at radius 2 is 0.534 bits per heavy atom. The molecular formula is C67H120O6. The van der Waals surface area contributed by atoms with Crippen molar-refractivity contribution in [2.45, 2.75) is 335 Å². The van der Waals surface area contributed by atoms with Crippen molar-refractivity contribution in [3.05, 3.63) is 60.8 Å². The predicted octanol–water partition coefficient (Wildman–Crippen LogP) is 21.6. The summed E-state index contributed by atoms with van der Waals surface area (Å²) >= 11 is 0.